The van der Waals surface area contributed by atoms with Crippen molar-refractivity contribution in [3.8, 4) is 0 Å². The van der Waals surface area contributed by atoms with Gasteiger partial charge in [-0.15, -0.1) is 12.4 Å². The molecule has 140 valence electrons. The first-order chi connectivity index (χ1) is 11.8. The second kappa shape index (κ2) is 9.89. The van der Waals surface area contributed by atoms with E-state index in [2.05, 4.69) is 10.6 Å². The number of halogens is 2. The van der Waals surface area contributed by atoms with Crippen molar-refractivity contribution in [2.24, 2.45) is 11.7 Å². The van der Waals surface area contributed by atoms with Gasteiger partial charge < -0.3 is 16.4 Å². The van der Waals surface area contributed by atoms with Gasteiger partial charge >= 0.3 is 0 Å². The minimum Gasteiger partial charge on any atom is -0.325 e. The number of nitrogens with two attached hydrogens (primary N) is 1. The van der Waals surface area contributed by atoms with Gasteiger partial charge in [-0.05, 0) is 48.7 Å². The van der Waals surface area contributed by atoms with Crippen LogP contribution >= 0.6 is 12.4 Å². The zero-order valence-electron chi connectivity index (χ0n) is 14.7. The number of anilines is 2. The molecule has 0 spiro atoms. The summed E-state index contributed by atoms with van der Waals surface area (Å²) in [6.07, 6.45) is 0.575. The summed E-state index contributed by atoms with van der Waals surface area (Å²) >= 11 is 0. The van der Waals surface area contributed by atoms with E-state index in [1.165, 1.54) is 18.2 Å². The first-order valence-electron chi connectivity index (χ1n) is 8.08. The number of hydrogen-bond donors (Lipinski definition) is 3. The molecule has 0 aliphatic carbocycles. The maximum Gasteiger partial charge on any atom is 0.255 e. The Balaban J connectivity index is 0.00000338. The SMILES string of the molecule is CC(C)C[C@H](N)C(=O)Nc1cccc(C(=O)Nc2cccc(F)c2)c1.Cl. The van der Waals surface area contributed by atoms with E-state index in [0.717, 1.165) is 0 Å². The molecule has 0 radical (unpaired) electrons. The summed E-state index contributed by atoms with van der Waals surface area (Å²) in [6.45, 7) is 3.98. The van der Waals surface area contributed by atoms with Crippen LogP contribution in [-0.2, 0) is 4.79 Å². The third kappa shape index (κ3) is 6.46. The largest absolute Gasteiger partial charge is 0.325 e. The molecule has 2 aromatic rings. The quantitative estimate of drug-likeness (QED) is 0.713. The van der Waals surface area contributed by atoms with Crippen molar-refractivity contribution in [1.82, 2.24) is 0 Å². The van der Waals surface area contributed by atoms with Crippen LogP contribution < -0.4 is 16.4 Å². The first kappa shape index (κ1) is 21.6. The van der Waals surface area contributed by atoms with Gasteiger partial charge in [-0.2, -0.15) is 0 Å². The Morgan fingerprint density at radius 1 is 1.04 bits per heavy atom. The molecule has 4 N–H and O–H groups in total. The van der Waals surface area contributed by atoms with Crippen LogP contribution in [-0.4, -0.2) is 17.9 Å². The van der Waals surface area contributed by atoms with Gasteiger partial charge in [0.15, 0.2) is 0 Å². The summed E-state index contributed by atoms with van der Waals surface area (Å²) in [6, 6.07) is 11.5. The van der Waals surface area contributed by atoms with Gasteiger partial charge in [-0.1, -0.05) is 26.0 Å². The van der Waals surface area contributed by atoms with Crippen molar-refractivity contribution in [2.75, 3.05) is 10.6 Å². The summed E-state index contributed by atoms with van der Waals surface area (Å²) in [5.74, 6) is -0.813. The Kier molecular flexibility index (Phi) is 8.22. The van der Waals surface area contributed by atoms with Gasteiger partial charge in [0, 0.05) is 16.9 Å². The summed E-state index contributed by atoms with van der Waals surface area (Å²) in [5.41, 5.74) is 7.04. The van der Waals surface area contributed by atoms with E-state index < -0.39 is 17.8 Å². The lowest BCUT2D eigenvalue weighted by Crippen LogP contribution is -2.36. The second-order valence-electron chi connectivity index (χ2n) is 6.27. The lowest BCUT2D eigenvalue weighted by atomic mass is 10.0. The molecule has 5 nitrogen and oxygen atoms in total. The Hall–Kier alpha value is -2.44. The second-order valence-corrected chi connectivity index (χ2v) is 6.27. The number of carbonyl (C=O) groups is 2. The molecular formula is C19H23ClFN3O2. The molecule has 7 heteroatoms. The standard InChI is InChI=1S/C19H22FN3O2.ClH/c1-12(2)9-17(21)19(25)23-15-7-3-5-13(10-15)18(24)22-16-8-4-6-14(20)11-16;/h3-8,10-12,17H,9,21H2,1-2H3,(H,22,24)(H,23,25);1H/t17-;/m0./s1. The van der Waals surface area contributed by atoms with Gasteiger partial charge in [-0.25, -0.2) is 4.39 Å². The maximum atomic E-state index is 13.2. The van der Waals surface area contributed by atoms with Crippen LogP contribution in [0.4, 0.5) is 15.8 Å². The van der Waals surface area contributed by atoms with Crippen LogP contribution in [0, 0.1) is 11.7 Å². The van der Waals surface area contributed by atoms with Crippen LogP contribution in [0.25, 0.3) is 0 Å². The predicted molar refractivity (Wildman–Crippen MR) is 104 cm³/mol. The van der Waals surface area contributed by atoms with E-state index in [1.807, 2.05) is 13.8 Å². The van der Waals surface area contributed by atoms with E-state index >= 15 is 0 Å². The molecule has 1 atom stereocenters. The highest BCUT2D eigenvalue weighted by Gasteiger charge is 2.15. The van der Waals surface area contributed by atoms with Gasteiger partial charge in [0.2, 0.25) is 5.91 Å². The molecule has 0 saturated heterocycles. The number of nitrogens with one attached hydrogen (secondary N) is 2. The number of amides is 2. The molecule has 0 aliphatic rings. The van der Waals surface area contributed by atoms with E-state index in [9.17, 15) is 14.0 Å². The third-order valence-corrected chi connectivity index (χ3v) is 3.54. The van der Waals surface area contributed by atoms with Crippen molar-refractivity contribution in [2.45, 2.75) is 26.3 Å². The summed E-state index contributed by atoms with van der Waals surface area (Å²) in [7, 11) is 0. The zero-order chi connectivity index (χ0) is 18.4. The molecule has 0 fully saturated rings. The number of hydrogen-bond acceptors (Lipinski definition) is 3. The van der Waals surface area contributed by atoms with Crippen molar-refractivity contribution in [3.63, 3.8) is 0 Å². The van der Waals surface area contributed by atoms with Crippen LogP contribution in [0.15, 0.2) is 48.5 Å². The van der Waals surface area contributed by atoms with Gasteiger partial charge in [-0.3, -0.25) is 9.59 Å². The fourth-order valence-corrected chi connectivity index (χ4v) is 2.36. The normalized spacial score (nSPS) is 11.4. The summed E-state index contributed by atoms with van der Waals surface area (Å²) in [5, 5.41) is 5.32. The van der Waals surface area contributed by atoms with Crippen molar-refractivity contribution in [1.29, 1.82) is 0 Å². The average molecular weight is 380 g/mol. The fraction of sp³-hybridized carbons (Fsp3) is 0.263. The molecule has 2 rings (SSSR count). The van der Waals surface area contributed by atoms with E-state index in [-0.39, 0.29) is 18.3 Å². The Morgan fingerprint density at radius 3 is 2.27 bits per heavy atom. The maximum absolute atomic E-state index is 13.2. The first-order valence-corrected chi connectivity index (χ1v) is 8.08. The highest BCUT2D eigenvalue weighted by atomic mass is 35.5. The zero-order valence-corrected chi connectivity index (χ0v) is 15.5. The van der Waals surface area contributed by atoms with Crippen LogP contribution in [0.5, 0.6) is 0 Å². The van der Waals surface area contributed by atoms with Crippen LogP contribution in [0.3, 0.4) is 0 Å². The minimum atomic E-state index is -0.607. The van der Waals surface area contributed by atoms with E-state index in [0.29, 0.717) is 29.3 Å². The molecule has 0 saturated carbocycles. The van der Waals surface area contributed by atoms with Gasteiger partial charge in [0.25, 0.3) is 5.91 Å². The Morgan fingerprint density at radius 2 is 1.65 bits per heavy atom. The van der Waals surface area contributed by atoms with Crippen molar-refractivity contribution < 1.29 is 14.0 Å². The molecule has 0 aromatic heterocycles. The molecule has 2 aromatic carbocycles. The summed E-state index contributed by atoms with van der Waals surface area (Å²) in [4.78, 5) is 24.4. The number of benzene rings is 2. The molecule has 0 heterocycles. The lowest BCUT2D eigenvalue weighted by molar-refractivity contribution is -0.117. The number of rotatable bonds is 6. The monoisotopic (exact) mass is 379 g/mol. The molecule has 2 amide bonds. The highest BCUT2D eigenvalue weighted by molar-refractivity contribution is 6.05. The van der Waals surface area contributed by atoms with E-state index in [4.69, 9.17) is 5.73 Å². The van der Waals surface area contributed by atoms with Gasteiger partial charge in [0.05, 0.1) is 6.04 Å². The Labute approximate surface area is 158 Å². The molecular weight excluding hydrogens is 357 g/mol. The Bertz CT molecular complexity index is 768. The van der Waals surface area contributed by atoms with Crippen LogP contribution in [0.2, 0.25) is 0 Å². The predicted octanol–water partition coefficient (Wildman–Crippen LogP) is 3.81. The minimum absolute atomic E-state index is 0. The van der Waals surface area contributed by atoms with Gasteiger partial charge in [0.1, 0.15) is 5.82 Å². The average Bonchev–Trinajstić information content (AvgIpc) is 2.54. The van der Waals surface area contributed by atoms with E-state index in [1.54, 1.807) is 30.3 Å². The molecule has 0 unspecified atom stereocenters. The molecule has 0 aliphatic heterocycles. The fourth-order valence-electron chi connectivity index (χ4n) is 2.36. The lowest BCUT2D eigenvalue weighted by Gasteiger charge is -2.14. The molecule has 26 heavy (non-hydrogen) atoms. The van der Waals surface area contributed by atoms with Crippen molar-refractivity contribution in [3.05, 3.63) is 59.9 Å². The smallest absolute Gasteiger partial charge is 0.255 e. The topological polar surface area (TPSA) is 84.2 Å². The highest BCUT2D eigenvalue weighted by Crippen LogP contribution is 2.15. The van der Waals surface area contributed by atoms with Crippen molar-refractivity contribution >= 4 is 35.6 Å². The third-order valence-electron chi connectivity index (χ3n) is 3.54. The van der Waals surface area contributed by atoms with Crippen LogP contribution in [0.1, 0.15) is 30.6 Å². The summed E-state index contributed by atoms with van der Waals surface area (Å²) < 4.78 is 13.2. The number of carbonyl (C=O) groups excluding carboxylic acids is 2. The molecule has 0 bridgehead atoms.